The molecule has 0 aliphatic carbocycles. The van der Waals surface area contributed by atoms with E-state index in [4.69, 9.17) is 0 Å². The van der Waals surface area contributed by atoms with Crippen LogP contribution in [0.3, 0.4) is 0 Å². The Bertz CT molecular complexity index is 39.4. The van der Waals surface area contributed by atoms with Gasteiger partial charge in [-0.05, 0) is 6.92 Å². The Labute approximate surface area is 50.0 Å². The van der Waals surface area contributed by atoms with Gasteiger partial charge in [-0.2, -0.15) is 0 Å². The van der Waals surface area contributed by atoms with Gasteiger partial charge in [-0.3, -0.25) is 4.79 Å². The highest BCUT2D eigenvalue weighted by Gasteiger charge is 1.59. The Morgan fingerprint density at radius 3 is 2.00 bits per heavy atom. The van der Waals surface area contributed by atoms with E-state index >= 15 is 0 Å². The van der Waals surface area contributed by atoms with Crippen molar-refractivity contribution in [3.05, 3.63) is 0 Å². The molecule has 0 unspecified atom stereocenters. The van der Waals surface area contributed by atoms with E-state index in [9.17, 15) is 4.79 Å². The van der Waals surface area contributed by atoms with Gasteiger partial charge in [-0.1, -0.05) is 0 Å². The molecule has 0 saturated heterocycles. The quantitative estimate of drug-likeness (QED) is 0.520. The van der Waals surface area contributed by atoms with Gasteiger partial charge in [0.25, 0.3) is 0 Å². The smallest absolute Gasteiger partial charge is 0.207 e. The second-order valence-corrected chi connectivity index (χ2v) is 1.08. The van der Waals surface area contributed by atoms with Crippen LogP contribution in [-0.4, -0.2) is 27.2 Å². The summed E-state index contributed by atoms with van der Waals surface area (Å²) < 4.78 is 4.25. The van der Waals surface area contributed by atoms with Crippen LogP contribution >= 0.6 is 0 Å². The highest BCUT2D eigenvalue weighted by molar-refractivity contribution is 5.45. The zero-order chi connectivity index (χ0) is 6.83. The van der Waals surface area contributed by atoms with Gasteiger partial charge in [0.1, 0.15) is 0 Å². The molecule has 3 nitrogen and oxygen atoms in total. The molecule has 0 aromatic rings. The molecule has 0 aromatic heterocycles. The molecule has 0 spiro atoms. The van der Waals surface area contributed by atoms with Crippen molar-refractivity contribution in [3.8, 4) is 0 Å². The van der Waals surface area contributed by atoms with E-state index in [2.05, 4.69) is 10.1 Å². The molecule has 1 amide bonds. The molecule has 0 fully saturated rings. The van der Waals surface area contributed by atoms with E-state index in [1.165, 1.54) is 0 Å². The van der Waals surface area contributed by atoms with Crippen molar-refractivity contribution < 1.29 is 9.53 Å². The molecule has 0 radical (unpaired) electrons. The maximum absolute atomic E-state index is 9.29. The molecule has 0 aliphatic rings. The first-order valence-electron chi connectivity index (χ1n) is 2.40. The van der Waals surface area contributed by atoms with Crippen molar-refractivity contribution in [3.63, 3.8) is 0 Å². The van der Waals surface area contributed by atoms with Crippen molar-refractivity contribution in [1.82, 2.24) is 5.32 Å². The highest BCUT2D eigenvalue weighted by atomic mass is 16.4. The molecule has 0 heterocycles. The molecule has 0 rings (SSSR count). The Kier molecular flexibility index (Phi) is 21.0. The maximum atomic E-state index is 9.29. The Balaban J connectivity index is 0. The van der Waals surface area contributed by atoms with Gasteiger partial charge in [0.05, 0.1) is 0 Å². The van der Waals surface area contributed by atoms with Gasteiger partial charge < -0.3 is 10.1 Å². The van der Waals surface area contributed by atoms with Crippen molar-refractivity contribution in [1.29, 1.82) is 0 Å². The predicted octanol–water partition coefficient (Wildman–Crippen LogP) is 0.0149. The number of hydrogen-bond donors (Lipinski definition) is 1. The minimum Gasteiger partial charge on any atom is -0.388 e. The number of carbonyl (C=O) groups is 1. The first-order chi connectivity index (χ1) is 3.83. The lowest BCUT2D eigenvalue weighted by molar-refractivity contribution is -0.109. The molecular weight excluding hydrogens is 106 g/mol. The molecule has 0 aliphatic heterocycles. The first-order valence-corrected chi connectivity index (χ1v) is 2.40. The Morgan fingerprint density at radius 1 is 1.62 bits per heavy atom. The second-order valence-electron chi connectivity index (χ2n) is 1.08. The maximum Gasteiger partial charge on any atom is 0.207 e. The van der Waals surface area contributed by atoms with Crippen LogP contribution in [0.25, 0.3) is 0 Å². The summed E-state index contributed by atoms with van der Waals surface area (Å²) in [6, 6.07) is 0. The average molecular weight is 119 g/mol. The Hall–Kier alpha value is -0.570. The molecule has 0 saturated carbocycles. The number of methoxy groups -OCH3 is 1. The van der Waals surface area contributed by atoms with Crippen molar-refractivity contribution in [2.45, 2.75) is 6.92 Å². The summed E-state index contributed by atoms with van der Waals surface area (Å²) in [5.41, 5.74) is 0. The Morgan fingerprint density at radius 2 is 2.00 bits per heavy atom. The summed E-state index contributed by atoms with van der Waals surface area (Å²) in [6.45, 7) is 2.60. The predicted molar refractivity (Wildman–Crippen MR) is 32.7 cm³/mol. The molecule has 0 atom stereocenters. The van der Waals surface area contributed by atoms with E-state index in [1.807, 2.05) is 6.92 Å². The minimum atomic E-state index is 0.681. The average Bonchev–Trinajstić information content (AvgIpc) is 1.71. The third-order valence-corrected chi connectivity index (χ3v) is 0.287. The van der Waals surface area contributed by atoms with Gasteiger partial charge in [0.2, 0.25) is 6.41 Å². The summed E-state index contributed by atoms with van der Waals surface area (Å²) in [4.78, 5) is 9.29. The van der Waals surface area contributed by atoms with Gasteiger partial charge in [0, 0.05) is 20.8 Å². The lowest BCUT2D eigenvalue weighted by Crippen LogP contribution is -2.07. The van der Waals surface area contributed by atoms with Crippen LogP contribution in [0.5, 0.6) is 0 Å². The molecular formula is C5H13NO2. The van der Waals surface area contributed by atoms with Crippen LogP contribution in [0.1, 0.15) is 6.92 Å². The van der Waals surface area contributed by atoms with Gasteiger partial charge >= 0.3 is 0 Å². The van der Waals surface area contributed by atoms with Crippen LogP contribution < -0.4 is 5.32 Å². The number of rotatable bonds is 2. The summed E-state index contributed by atoms with van der Waals surface area (Å²) in [6.07, 6.45) is 0.681. The van der Waals surface area contributed by atoms with Crippen molar-refractivity contribution >= 4 is 6.41 Å². The third-order valence-electron chi connectivity index (χ3n) is 0.287. The van der Waals surface area contributed by atoms with E-state index in [0.717, 1.165) is 6.54 Å². The molecule has 8 heavy (non-hydrogen) atoms. The van der Waals surface area contributed by atoms with Crippen LogP contribution in [0.4, 0.5) is 0 Å². The van der Waals surface area contributed by atoms with Gasteiger partial charge in [-0.25, -0.2) is 0 Å². The number of ether oxygens (including phenoxy) is 1. The molecule has 50 valence electrons. The van der Waals surface area contributed by atoms with E-state index in [-0.39, 0.29) is 0 Å². The molecule has 3 heteroatoms. The fourth-order valence-corrected chi connectivity index (χ4v) is 0.0833. The summed E-state index contributed by atoms with van der Waals surface area (Å²) in [5, 5.41) is 2.43. The number of carbonyl (C=O) groups excluding carboxylic acids is 1. The minimum absolute atomic E-state index is 0.681. The first kappa shape index (κ1) is 10.4. The SMILES string of the molecule is CCNC=O.COC. The van der Waals surface area contributed by atoms with E-state index in [0.29, 0.717) is 6.41 Å². The summed E-state index contributed by atoms with van der Waals surface area (Å²) in [5.74, 6) is 0. The lowest BCUT2D eigenvalue weighted by Gasteiger charge is -1.78. The highest BCUT2D eigenvalue weighted by Crippen LogP contribution is 1.37. The fourth-order valence-electron chi connectivity index (χ4n) is 0.0833. The van der Waals surface area contributed by atoms with Crippen molar-refractivity contribution in [2.75, 3.05) is 20.8 Å². The van der Waals surface area contributed by atoms with E-state index < -0.39 is 0 Å². The van der Waals surface area contributed by atoms with Gasteiger partial charge in [0.15, 0.2) is 0 Å². The van der Waals surface area contributed by atoms with Crippen molar-refractivity contribution in [2.24, 2.45) is 0 Å². The fraction of sp³-hybridized carbons (Fsp3) is 0.800. The standard InChI is InChI=1S/C3H7NO.C2H6O/c1-2-4-3-5;1-3-2/h3H,2H2,1H3,(H,4,5);1-2H3. The van der Waals surface area contributed by atoms with Crippen LogP contribution in [-0.2, 0) is 9.53 Å². The third kappa shape index (κ3) is 52.1. The summed E-state index contributed by atoms with van der Waals surface area (Å²) >= 11 is 0. The second kappa shape index (κ2) is 16.1. The molecule has 1 N–H and O–H groups in total. The zero-order valence-electron chi connectivity index (χ0n) is 5.60. The van der Waals surface area contributed by atoms with Crippen LogP contribution in [0.2, 0.25) is 0 Å². The van der Waals surface area contributed by atoms with E-state index in [1.54, 1.807) is 14.2 Å². The largest absolute Gasteiger partial charge is 0.388 e. The molecule has 0 aromatic carbocycles. The number of hydrogen-bond acceptors (Lipinski definition) is 2. The van der Waals surface area contributed by atoms with Crippen LogP contribution in [0, 0.1) is 0 Å². The van der Waals surface area contributed by atoms with Gasteiger partial charge in [-0.15, -0.1) is 0 Å². The zero-order valence-corrected chi connectivity index (χ0v) is 5.60. The number of amides is 1. The lowest BCUT2D eigenvalue weighted by atomic mass is 10.8. The normalized spacial score (nSPS) is 6.38. The monoisotopic (exact) mass is 119 g/mol. The van der Waals surface area contributed by atoms with Crippen LogP contribution in [0.15, 0.2) is 0 Å². The topological polar surface area (TPSA) is 38.3 Å². The molecule has 0 bridgehead atoms. The summed E-state index contributed by atoms with van der Waals surface area (Å²) in [7, 11) is 3.25. The number of nitrogens with one attached hydrogen (secondary N) is 1.